The molecule has 0 fully saturated rings. The Morgan fingerprint density at radius 2 is 2.07 bits per heavy atom. The molecule has 0 saturated carbocycles. The highest BCUT2D eigenvalue weighted by molar-refractivity contribution is 5.27. The normalized spacial score (nSPS) is 16.0. The van der Waals surface area contributed by atoms with E-state index in [9.17, 15) is 0 Å². The summed E-state index contributed by atoms with van der Waals surface area (Å²) >= 11 is 0. The smallest absolute Gasteiger partial charge is 0.118 e. The van der Waals surface area contributed by atoms with Crippen LogP contribution in [-0.2, 0) is 6.54 Å². The van der Waals surface area contributed by atoms with Gasteiger partial charge in [-0.3, -0.25) is 10.9 Å². The van der Waals surface area contributed by atoms with E-state index in [0.29, 0.717) is 0 Å². The van der Waals surface area contributed by atoms with Crippen LogP contribution < -0.4 is 10.6 Å². The number of rotatable bonds is 3. The average molecular weight is 205 g/mol. The number of hydrogen-bond acceptors (Lipinski definition) is 4. The van der Waals surface area contributed by atoms with E-state index in [1.54, 1.807) is 12.2 Å². The summed E-state index contributed by atoms with van der Waals surface area (Å²) in [5.41, 5.74) is 1.21. The Kier molecular flexibility index (Phi) is 2.89. The van der Waals surface area contributed by atoms with Crippen molar-refractivity contribution in [2.24, 2.45) is 5.84 Å². The van der Waals surface area contributed by atoms with Crippen molar-refractivity contribution in [3.63, 3.8) is 0 Å². The summed E-state index contributed by atoms with van der Waals surface area (Å²) in [6.07, 6.45) is 4.02. The van der Waals surface area contributed by atoms with E-state index in [1.807, 2.05) is 41.6 Å². The van der Waals surface area contributed by atoms with Crippen molar-refractivity contribution in [1.29, 1.82) is 0 Å². The molecule has 15 heavy (non-hydrogen) atoms. The maximum atomic E-state index is 5.75. The van der Waals surface area contributed by atoms with E-state index in [1.165, 1.54) is 5.56 Å². The molecule has 0 unspecified atom stereocenters. The number of benzene rings is 1. The zero-order valence-electron chi connectivity index (χ0n) is 8.76. The molecule has 0 aliphatic carbocycles. The molecule has 1 aliphatic rings. The van der Waals surface area contributed by atoms with E-state index in [4.69, 9.17) is 10.6 Å². The molecule has 0 bridgehead atoms. The van der Waals surface area contributed by atoms with Gasteiger partial charge >= 0.3 is 0 Å². The lowest BCUT2D eigenvalue weighted by Crippen LogP contribution is -2.40. The number of methoxy groups -OCH3 is 1. The minimum absolute atomic E-state index is 0.774. The third-order valence-electron chi connectivity index (χ3n) is 2.40. The molecule has 0 atom stereocenters. The number of hydrazine groups is 2. The second-order valence-electron chi connectivity index (χ2n) is 3.45. The summed E-state index contributed by atoms with van der Waals surface area (Å²) in [5, 5.41) is 3.66. The Labute approximate surface area is 89.5 Å². The lowest BCUT2D eigenvalue weighted by atomic mass is 10.2. The van der Waals surface area contributed by atoms with Crippen molar-refractivity contribution < 1.29 is 4.74 Å². The summed E-state index contributed by atoms with van der Waals surface area (Å²) in [7, 11) is 1.67. The van der Waals surface area contributed by atoms with E-state index in [2.05, 4.69) is 0 Å². The number of nitrogens with zero attached hydrogens (tertiary/aromatic N) is 2. The predicted octanol–water partition coefficient (Wildman–Crippen LogP) is 1.12. The molecule has 4 heteroatoms. The van der Waals surface area contributed by atoms with E-state index in [0.717, 1.165) is 18.8 Å². The molecule has 4 nitrogen and oxygen atoms in total. The largest absolute Gasteiger partial charge is 0.497 e. The van der Waals surface area contributed by atoms with Gasteiger partial charge in [-0.25, -0.2) is 0 Å². The van der Waals surface area contributed by atoms with Gasteiger partial charge in [0.1, 0.15) is 5.75 Å². The lowest BCUT2D eigenvalue weighted by Gasteiger charge is -2.24. The van der Waals surface area contributed by atoms with E-state index < -0.39 is 0 Å². The van der Waals surface area contributed by atoms with E-state index in [-0.39, 0.29) is 0 Å². The van der Waals surface area contributed by atoms with Gasteiger partial charge in [0, 0.05) is 6.20 Å². The Hall–Kier alpha value is -1.52. The van der Waals surface area contributed by atoms with Crippen molar-refractivity contribution in [1.82, 2.24) is 10.1 Å². The topological polar surface area (TPSA) is 41.7 Å². The van der Waals surface area contributed by atoms with Crippen LogP contribution in [0, 0.1) is 0 Å². The van der Waals surface area contributed by atoms with Gasteiger partial charge in [-0.2, -0.15) is 5.12 Å². The van der Waals surface area contributed by atoms with Crippen molar-refractivity contribution in [3.8, 4) is 5.75 Å². The van der Waals surface area contributed by atoms with Crippen LogP contribution in [0.25, 0.3) is 0 Å². The average Bonchev–Trinajstić information content (AvgIpc) is 2.66. The third kappa shape index (κ3) is 2.29. The van der Waals surface area contributed by atoms with Crippen LogP contribution in [0.3, 0.4) is 0 Å². The first-order valence-electron chi connectivity index (χ1n) is 4.88. The molecule has 2 N–H and O–H groups in total. The molecular weight excluding hydrogens is 190 g/mol. The summed E-state index contributed by atoms with van der Waals surface area (Å²) in [4.78, 5) is 0. The summed E-state index contributed by atoms with van der Waals surface area (Å²) < 4.78 is 5.10. The summed E-state index contributed by atoms with van der Waals surface area (Å²) in [6, 6.07) is 7.99. The van der Waals surface area contributed by atoms with Gasteiger partial charge in [0.25, 0.3) is 0 Å². The van der Waals surface area contributed by atoms with Gasteiger partial charge in [-0.1, -0.05) is 12.1 Å². The van der Waals surface area contributed by atoms with Gasteiger partial charge in [-0.05, 0) is 23.8 Å². The molecular formula is C11H15N3O. The molecule has 0 spiro atoms. The second kappa shape index (κ2) is 4.33. The van der Waals surface area contributed by atoms with Gasteiger partial charge in [0.15, 0.2) is 0 Å². The molecule has 1 aromatic rings. The monoisotopic (exact) mass is 205 g/mol. The van der Waals surface area contributed by atoms with Crippen molar-refractivity contribution in [2.45, 2.75) is 6.54 Å². The molecule has 80 valence electrons. The summed E-state index contributed by atoms with van der Waals surface area (Å²) in [5.74, 6) is 6.63. The number of ether oxygens (including phenoxy) is 1. The molecule has 0 aromatic heterocycles. The van der Waals surface area contributed by atoms with Gasteiger partial charge in [-0.15, -0.1) is 0 Å². The van der Waals surface area contributed by atoms with E-state index >= 15 is 0 Å². The number of hydrogen-bond donors (Lipinski definition) is 1. The van der Waals surface area contributed by atoms with Crippen LogP contribution in [0.2, 0.25) is 0 Å². The highest BCUT2D eigenvalue weighted by Crippen LogP contribution is 2.14. The zero-order valence-corrected chi connectivity index (χ0v) is 8.76. The summed E-state index contributed by atoms with van der Waals surface area (Å²) in [6.45, 7) is 1.56. The quantitative estimate of drug-likeness (QED) is 0.751. The second-order valence-corrected chi connectivity index (χ2v) is 3.45. The molecule has 0 radical (unpaired) electrons. The maximum Gasteiger partial charge on any atom is 0.118 e. The van der Waals surface area contributed by atoms with Crippen LogP contribution in [-0.4, -0.2) is 23.8 Å². The SMILES string of the molecule is COc1ccc(CN2C=CCN2N)cc1. The fourth-order valence-corrected chi connectivity index (χ4v) is 1.53. The van der Waals surface area contributed by atoms with Crippen molar-refractivity contribution in [3.05, 3.63) is 42.1 Å². The zero-order chi connectivity index (χ0) is 10.7. The maximum absolute atomic E-state index is 5.75. The lowest BCUT2D eigenvalue weighted by molar-refractivity contribution is 0.0440. The fraction of sp³-hybridized carbons (Fsp3) is 0.273. The Bertz CT molecular complexity index is 347. The van der Waals surface area contributed by atoms with Gasteiger partial charge in [0.2, 0.25) is 0 Å². The van der Waals surface area contributed by atoms with Crippen molar-refractivity contribution in [2.75, 3.05) is 13.7 Å². The predicted molar refractivity (Wildman–Crippen MR) is 58.6 cm³/mol. The Morgan fingerprint density at radius 1 is 1.33 bits per heavy atom. The minimum Gasteiger partial charge on any atom is -0.497 e. The van der Waals surface area contributed by atoms with Crippen molar-refractivity contribution >= 4 is 0 Å². The number of nitrogens with two attached hydrogens (primary N) is 1. The molecule has 1 heterocycles. The van der Waals surface area contributed by atoms with Crippen LogP contribution in [0.4, 0.5) is 0 Å². The molecule has 0 amide bonds. The molecule has 2 rings (SSSR count). The first-order chi connectivity index (χ1) is 7.29. The van der Waals surface area contributed by atoms with Crippen LogP contribution in [0.5, 0.6) is 5.75 Å². The first-order valence-corrected chi connectivity index (χ1v) is 4.88. The Balaban J connectivity index is 2.01. The molecule has 1 aromatic carbocycles. The molecule has 0 saturated heterocycles. The highest BCUT2D eigenvalue weighted by Gasteiger charge is 2.11. The first kappa shape index (κ1) is 10.0. The standard InChI is InChI=1S/C11H15N3O/c1-15-11-5-3-10(4-6-11)9-13-7-2-8-14(13)12/h2-7H,8-9,12H2,1H3. The third-order valence-corrected chi connectivity index (χ3v) is 2.40. The fourth-order valence-electron chi connectivity index (χ4n) is 1.53. The van der Waals surface area contributed by atoms with Crippen LogP contribution in [0.15, 0.2) is 36.5 Å². The minimum atomic E-state index is 0.774. The highest BCUT2D eigenvalue weighted by atomic mass is 16.5. The molecule has 1 aliphatic heterocycles. The van der Waals surface area contributed by atoms with Crippen LogP contribution >= 0.6 is 0 Å². The Morgan fingerprint density at radius 3 is 2.60 bits per heavy atom. The van der Waals surface area contributed by atoms with Gasteiger partial charge < -0.3 is 4.74 Å². The van der Waals surface area contributed by atoms with Crippen LogP contribution in [0.1, 0.15) is 5.56 Å². The van der Waals surface area contributed by atoms with Gasteiger partial charge in [0.05, 0.1) is 20.2 Å².